The maximum absolute atomic E-state index is 10.8. The van der Waals surface area contributed by atoms with E-state index >= 15 is 0 Å². The summed E-state index contributed by atoms with van der Waals surface area (Å²) in [6, 6.07) is 11.6. The molecule has 0 aliphatic heterocycles. The van der Waals surface area contributed by atoms with Crippen molar-refractivity contribution in [2.45, 2.75) is 12.3 Å². The van der Waals surface area contributed by atoms with Crippen molar-refractivity contribution in [3.8, 4) is 17.6 Å². The number of ether oxygens (including phenoxy) is 1. The lowest BCUT2D eigenvalue weighted by atomic mass is 10.1. The highest BCUT2D eigenvalue weighted by molar-refractivity contribution is 9.08. The van der Waals surface area contributed by atoms with Crippen LogP contribution >= 0.6 is 15.9 Å². The lowest BCUT2D eigenvalue weighted by Gasteiger charge is -2.12. The third kappa shape index (κ3) is 3.38. The summed E-state index contributed by atoms with van der Waals surface area (Å²) < 4.78 is 5.80. The van der Waals surface area contributed by atoms with Gasteiger partial charge in [-0.05, 0) is 30.7 Å². The number of alkyl halides is 1. The molecule has 0 fully saturated rings. The molecule has 0 radical (unpaired) electrons. The number of halogens is 1. The fourth-order valence-electron chi connectivity index (χ4n) is 1.78. The Balaban J connectivity index is 2.40. The number of hydrogen-bond acceptors (Lipinski definition) is 4. The highest BCUT2D eigenvalue weighted by Gasteiger charge is 2.12. The monoisotopic (exact) mass is 346 g/mol. The summed E-state index contributed by atoms with van der Waals surface area (Å²) in [7, 11) is 0. The standard InChI is InChI=1S/C15H11BrN2O3/c1-10-2-3-11(9-17)6-15(10)21-14-5-4-13(18(19)20)7-12(14)8-16/h2-7H,8H2,1H3. The quantitative estimate of drug-likeness (QED) is 0.465. The zero-order valence-electron chi connectivity index (χ0n) is 11.2. The summed E-state index contributed by atoms with van der Waals surface area (Å²) in [4.78, 5) is 10.3. The number of nitro benzene ring substituents is 1. The fourth-order valence-corrected chi connectivity index (χ4v) is 2.22. The van der Waals surface area contributed by atoms with E-state index in [-0.39, 0.29) is 5.69 Å². The van der Waals surface area contributed by atoms with Gasteiger partial charge in [-0.15, -0.1) is 0 Å². The fraction of sp³-hybridized carbons (Fsp3) is 0.133. The van der Waals surface area contributed by atoms with Gasteiger partial charge in [0.2, 0.25) is 0 Å². The molecular formula is C15H11BrN2O3. The average molecular weight is 347 g/mol. The van der Waals surface area contributed by atoms with Crippen molar-refractivity contribution in [1.29, 1.82) is 5.26 Å². The van der Waals surface area contributed by atoms with Gasteiger partial charge in [-0.2, -0.15) is 5.26 Å². The van der Waals surface area contributed by atoms with Crippen LogP contribution in [0.5, 0.6) is 11.5 Å². The molecule has 0 saturated carbocycles. The third-order valence-electron chi connectivity index (χ3n) is 2.94. The van der Waals surface area contributed by atoms with Crippen molar-refractivity contribution >= 4 is 21.6 Å². The van der Waals surface area contributed by atoms with Gasteiger partial charge in [0.05, 0.1) is 16.6 Å². The summed E-state index contributed by atoms with van der Waals surface area (Å²) in [6.07, 6.45) is 0. The molecule has 2 rings (SSSR count). The first-order chi connectivity index (χ1) is 10.0. The normalized spacial score (nSPS) is 9.95. The smallest absolute Gasteiger partial charge is 0.270 e. The highest BCUT2D eigenvalue weighted by atomic mass is 79.9. The minimum atomic E-state index is -0.447. The molecule has 6 heteroatoms. The maximum Gasteiger partial charge on any atom is 0.270 e. The molecule has 21 heavy (non-hydrogen) atoms. The molecule has 0 bridgehead atoms. The minimum Gasteiger partial charge on any atom is -0.457 e. The van der Waals surface area contributed by atoms with Gasteiger partial charge in [-0.3, -0.25) is 10.1 Å². The van der Waals surface area contributed by atoms with E-state index < -0.39 is 4.92 Å². The number of benzene rings is 2. The summed E-state index contributed by atoms with van der Waals surface area (Å²) in [5, 5.41) is 20.2. The van der Waals surface area contributed by atoms with Crippen molar-refractivity contribution in [1.82, 2.24) is 0 Å². The van der Waals surface area contributed by atoms with Crippen LogP contribution in [0.3, 0.4) is 0 Å². The van der Waals surface area contributed by atoms with Crippen LogP contribution in [0, 0.1) is 28.4 Å². The predicted octanol–water partition coefficient (Wildman–Crippen LogP) is 4.46. The third-order valence-corrected chi connectivity index (χ3v) is 3.54. The van der Waals surface area contributed by atoms with Crippen LogP contribution in [-0.4, -0.2) is 4.92 Å². The second-order valence-corrected chi connectivity index (χ2v) is 4.94. The van der Waals surface area contributed by atoms with Crippen LogP contribution in [-0.2, 0) is 5.33 Å². The topological polar surface area (TPSA) is 76.2 Å². The molecule has 5 nitrogen and oxygen atoms in total. The van der Waals surface area contributed by atoms with Crippen molar-refractivity contribution in [2.75, 3.05) is 0 Å². The van der Waals surface area contributed by atoms with Crippen molar-refractivity contribution in [2.24, 2.45) is 0 Å². The molecule has 106 valence electrons. The number of nitrogens with zero attached hydrogens (tertiary/aromatic N) is 2. The van der Waals surface area contributed by atoms with Gasteiger partial charge in [0.25, 0.3) is 5.69 Å². The van der Waals surface area contributed by atoms with Crippen molar-refractivity contribution in [3.63, 3.8) is 0 Å². The van der Waals surface area contributed by atoms with Gasteiger partial charge < -0.3 is 4.74 Å². The molecule has 0 heterocycles. The molecule has 0 aliphatic rings. The van der Waals surface area contributed by atoms with E-state index in [1.54, 1.807) is 24.3 Å². The van der Waals surface area contributed by atoms with Crippen LogP contribution in [0.4, 0.5) is 5.69 Å². The predicted molar refractivity (Wildman–Crippen MR) is 81.7 cm³/mol. The maximum atomic E-state index is 10.8. The van der Waals surface area contributed by atoms with E-state index in [1.165, 1.54) is 12.1 Å². The van der Waals surface area contributed by atoms with Crippen LogP contribution in [0.25, 0.3) is 0 Å². The van der Waals surface area contributed by atoms with Crippen molar-refractivity contribution < 1.29 is 9.66 Å². The second kappa shape index (κ2) is 6.37. The Morgan fingerprint density at radius 2 is 2.05 bits per heavy atom. The van der Waals surface area contributed by atoms with E-state index in [2.05, 4.69) is 22.0 Å². The number of aryl methyl sites for hydroxylation is 1. The van der Waals surface area contributed by atoms with E-state index in [1.807, 2.05) is 6.92 Å². The molecule has 2 aromatic rings. The summed E-state index contributed by atoms with van der Waals surface area (Å²) in [6.45, 7) is 1.87. The zero-order chi connectivity index (χ0) is 15.4. The molecule has 0 spiro atoms. The van der Waals surface area contributed by atoms with Gasteiger partial charge in [-0.1, -0.05) is 22.0 Å². The molecule has 0 aliphatic carbocycles. The second-order valence-electron chi connectivity index (χ2n) is 4.38. The number of nitro groups is 1. The van der Waals surface area contributed by atoms with Gasteiger partial charge in [0, 0.05) is 23.0 Å². The van der Waals surface area contributed by atoms with Gasteiger partial charge in [0.15, 0.2) is 0 Å². The Hall–Kier alpha value is -2.39. The Morgan fingerprint density at radius 3 is 2.67 bits per heavy atom. The number of rotatable bonds is 4. The zero-order valence-corrected chi connectivity index (χ0v) is 12.8. The highest BCUT2D eigenvalue weighted by Crippen LogP contribution is 2.32. The Labute approximate surface area is 130 Å². The van der Waals surface area contributed by atoms with E-state index in [9.17, 15) is 10.1 Å². The first-order valence-corrected chi connectivity index (χ1v) is 7.19. The SMILES string of the molecule is Cc1ccc(C#N)cc1Oc1ccc([N+](=O)[O-])cc1CBr. The molecular weight excluding hydrogens is 336 g/mol. The Bertz CT molecular complexity index is 738. The lowest BCUT2D eigenvalue weighted by Crippen LogP contribution is -1.95. The summed E-state index contributed by atoms with van der Waals surface area (Å²) in [5.41, 5.74) is 2.07. The number of nitriles is 1. The molecule has 0 unspecified atom stereocenters. The van der Waals surface area contributed by atoms with Crippen molar-refractivity contribution in [3.05, 3.63) is 63.2 Å². The molecule has 0 amide bonds. The Kier molecular flexibility index (Phi) is 4.55. The molecule has 2 aromatic carbocycles. The first kappa shape index (κ1) is 15.0. The summed E-state index contributed by atoms with van der Waals surface area (Å²) >= 11 is 3.30. The van der Waals surface area contributed by atoms with Gasteiger partial charge in [-0.25, -0.2) is 0 Å². The van der Waals surface area contributed by atoms with Crippen LogP contribution in [0.1, 0.15) is 16.7 Å². The van der Waals surface area contributed by atoms with Crippen LogP contribution in [0.15, 0.2) is 36.4 Å². The van der Waals surface area contributed by atoms with E-state index in [4.69, 9.17) is 10.00 Å². The number of non-ortho nitro benzene ring substituents is 1. The largest absolute Gasteiger partial charge is 0.457 e. The molecule has 0 aromatic heterocycles. The molecule has 0 atom stereocenters. The summed E-state index contributed by atoms with van der Waals surface area (Å²) in [5.74, 6) is 1.08. The first-order valence-electron chi connectivity index (χ1n) is 6.07. The minimum absolute atomic E-state index is 0.0132. The Morgan fingerprint density at radius 1 is 1.29 bits per heavy atom. The average Bonchev–Trinajstić information content (AvgIpc) is 2.49. The molecule has 0 N–H and O–H groups in total. The van der Waals surface area contributed by atoms with Gasteiger partial charge >= 0.3 is 0 Å². The van der Waals surface area contributed by atoms with Gasteiger partial charge in [0.1, 0.15) is 11.5 Å². The lowest BCUT2D eigenvalue weighted by molar-refractivity contribution is -0.384. The molecule has 0 saturated heterocycles. The van der Waals surface area contributed by atoms with Crippen LogP contribution < -0.4 is 4.74 Å². The van der Waals surface area contributed by atoms with Crippen LogP contribution in [0.2, 0.25) is 0 Å². The van der Waals surface area contributed by atoms with E-state index in [0.29, 0.717) is 28.0 Å². The number of hydrogen-bond donors (Lipinski definition) is 0. The van der Waals surface area contributed by atoms with E-state index in [0.717, 1.165) is 5.56 Å².